The number of carbonyl (C=O) groups is 1. The summed E-state index contributed by atoms with van der Waals surface area (Å²) < 4.78 is 5.01. The van der Waals surface area contributed by atoms with Crippen LogP contribution in [0.15, 0.2) is 18.2 Å². The molecular formula is C15H23N3O3. The predicted molar refractivity (Wildman–Crippen MR) is 80.6 cm³/mol. The highest BCUT2D eigenvalue weighted by Crippen LogP contribution is 2.23. The molecule has 0 aromatic heterocycles. The van der Waals surface area contributed by atoms with E-state index in [4.69, 9.17) is 10.5 Å². The van der Waals surface area contributed by atoms with Gasteiger partial charge in [-0.2, -0.15) is 0 Å². The van der Waals surface area contributed by atoms with Crippen LogP contribution < -0.4 is 15.8 Å². The van der Waals surface area contributed by atoms with Gasteiger partial charge >= 0.3 is 0 Å². The summed E-state index contributed by atoms with van der Waals surface area (Å²) in [6, 6.07) is 4.83. The number of benzene rings is 1. The van der Waals surface area contributed by atoms with Gasteiger partial charge in [0.15, 0.2) is 0 Å². The van der Waals surface area contributed by atoms with E-state index in [0.29, 0.717) is 12.3 Å². The summed E-state index contributed by atoms with van der Waals surface area (Å²) in [6.45, 7) is 3.45. The second-order valence-corrected chi connectivity index (χ2v) is 5.26. The average molecular weight is 293 g/mol. The van der Waals surface area contributed by atoms with Crippen molar-refractivity contribution >= 4 is 5.91 Å². The van der Waals surface area contributed by atoms with Crippen LogP contribution in [0, 0.1) is 0 Å². The third kappa shape index (κ3) is 4.09. The van der Waals surface area contributed by atoms with E-state index >= 15 is 0 Å². The van der Waals surface area contributed by atoms with Crippen LogP contribution in [-0.2, 0) is 0 Å². The maximum absolute atomic E-state index is 12.2. The molecule has 6 heteroatoms. The van der Waals surface area contributed by atoms with Crippen molar-refractivity contribution in [1.82, 2.24) is 10.2 Å². The number of hydrogen-bond donors (Lipinski definition) is 3. The molecule has 0 radical (unpaired) electrons. The topological polar surface area (TPSA) is 87.8 Å². The molecule has 1 heterocycles. The van der Waals surface area contributed by atoms with E-state index in [2.05, 4.69) is 10.2 Å². The number of likely N-dealkylation sites (tertiary alicyclic amines) is 1. The van der Waals surface area contributed by atoms with Crippen LogP contribution >= 0.6 is 0 Å². The average Bonchev–Trinajstić information content (AvgIpc) is 2.49. The minimum absolute atomic E-state index is 0.0626. The fraction of sp³-hybridized carbons (Fsp3) is 0.533. The van der Waals surface area contributed by atoms with Crippen LogP contribution in [0.2, 0.25) is 0 Å². The first-order valence-corrected chi connectivity index (χ1v) is 7.24. The Morgan fingerprint density at radius 2 is 2.19 bits per heavy atom. The Hall–Kier alpha value is -1.79. The molecule has 1 saturated heterocycles. The SMILES string of the molecule is COc1ccc(C(=O)NC2CCN(CCN)CC2)c(O)c1. The van der Waals surface area contributed by atoms with Crippen LogP contribution in [0.1, 0.15) is 23.2 Å². The van der Waals surface area contributed by atoms with Crippen LogP contribution in [0.25, 0.3) is 0 Å². The van der Waals surface area contributed by atoms with Gasteiger partial charge < -0.3 is 25.8 Å². The van der Waals surface area contributed by atoms with Gasteiger partial charge in [-0.05, 0) is 25.0 Å². The molecule has 4 N–H and O–H groups in total. The van der Waals surface area contributed by atoms with Gasteiger partial charge in [-0.25, -0.2) is 0 Å². The molecule has 0 unspecified atom stereocenters. The summed E-state index contributed by atoms with van der Waals surface area (Å²) in [7, 11) is 1.52. The van der Waals surface area contributed by atoms with Gasteiger partial charge in [0.05, 0.1) is 12.7 Å². The van der Waals surface area contributed by atoms with Crippen LogP contribution in [-0.4, -0.2) is 55.2 Å². The number of amides is 1. The van der Waals surface area contributed by atoms with Gasteiger partial charge in [-0.15, -0.1) is 0 Å². The van der Waals surface area contributed by atoms with Crippen molar-refractivity contribution in [2.75, 3.05) is 33.3 Å². The Morgan fingerprint density at radius 3 is 2.76 bits per heavy atom. The number of nitrogens with one attached hydrogen (secondary N) is 1. The molecule has 1 fully saturated rings. The van der Waals surface area contributed by atoms with E-state index in [9.17, 15) is 9.90 Å². The Labute approximate surface area is 124 Å². The Morgan fingerprint density at radius 1 is 1.48 bits per heavy atom. The third-order valence-electron chi connectivity index (χ3n) is 3.82. The zero-order valence-electron chi connectivity index (χ0n) is 12.3. The number of phenols is 1. The number of nitrogens with zero attached hydrogens (tertiary/aromatic N) is 1. The second kappa shape index (κ2) is 7.28. The molecule has 1 aromatic carbocycles. The monoisotopic (exact) mass is 293 g/mol. The largest absolute Gasteiger partial charge is 0.507 e. The van der Waals surface area contributed by atoms with Crippen LogP contribution in [0.5, 0.6) is 11.5 Å². The number of carbonyl (C=O) groups excluding carboxylic acids is 1. The van der Waals surface area contributed by atoms with Gasteiger partial charge in [0, 0.05) is 38.3 Å². The van der Waals surface area contributed by atoms with Gasteiger partial charge in [-0.1, -0.05) is 0 Å². The lowest BCUT2D eigenvalue weighted by Crippen LogP contribution is -2.45. The normalized spacial score (nSPS) is 16.7. The zero-order valence-corrected chi connectivity index (χ0v) is 12.3. The minimum Gasteiger partial charge on any atom is -0.507 e. The Bertz CT molecular complexity index is 485. The van der Waals surface area contributed by atoms with Crippen molar-refractivity contribution in [3.8, 4) is 11.5 Å². The number of aromatic hydroxyl groups is 1. The number of hydrogen-bond acceptors (Lipinski definition) is 5. The molecular weight excluding hydrogens is 270 g/mol. The molecule has 0 aliphatic carbocycles. The lowest BCUT2D eigenvalue weighted by atomic mass is 10.0. The summed E-state index contributed by atoms with van der Waals surface area (Å²) in [4.78, 5) is 14.5. The van der Waals surface area contributed by atoms with E-state index in [1.54, 1.807) is 12.1 Å². The van der Waals surface area contributed by atoms with Gasteiger partial charge in [0.1, 0.15) is 11.5 Å². The molecule has 116 valence electrons. The van der Waals surface area contributed by atoms with E-state index in [0.717, 1.165) is 32.5 Å². The number of piperidine rings is 1. The Balaban J connectivity index is 1.90. The molecule has 0 saturated carbocycles. The third-order valence-corrected chi connectivity index (χ3v) is 3.82. The van der Waals surface area contributed by atoms with E-state index in [1.807, 2.05) is 0 Å². The maximum Gasteiger partial charge on any atom is 0.255 e. The van der Waals surface area contributed by atoms with Crippen molar-refractivity contribution in [2.24, 2.45) is 5.73 Å². The second-order valence-electron chi connectivity index (χ2n) is 5.26. The van der Waals surface area contributed by atoms with Gasteiger partial charge in [0.25, 0.3) is 5.91 Å². The molecule has 1 aliphatic rings. The number of rotatable bonds is 5. The Kier molecular flexibility index (Phi) is 5.41. The number of phenolic OH excluding ortho intramolecular Hbond substituents is 1. The number of nitrogens with two attached hydrogens (primary N) is 1. The van der Waals surface area contributed by atoms with E-state index in [1.165, 1.54) is 13.2 Å². The molecule has 0 atom stereocenters. The minimum atomic E-state index is -0.243. The summed E-state index contributed by atoms with van der Waals surface area (Å²) >= 11 is 0. The number of methoxy groups -OCH3 is 1. The van der Waals surface area contributed by atoms with Crippen molar-refractivity contribution < 1.29 is 14.6 Å². The van der Waals surface area contributed by atoms with Gasteiger partial charge in [0.2, 0.25) is 0 Å². The predicted octanol–water partition coefficient (Wildman–Crippen LogP) is 0.554. The molecule has 21 heavy (non-hydrogen) atoms. The molecule has 1 amide bonds. The highest BCUT2D eigenvalue weighted by Gasteiger charge is 2.21. The van der Waals surface area contributed by atoms with E-state index in [-0.39, 0.29) is 23.3 Å². The van der Waals surface area contributed by atoms with Crippen LogP contribution in [0.3, 0.4) is 0 Å². The van der Waals surface area contributed by atoms with Crippen molar-refractivity contribution in [3.05, 3.63) is 23.8 Å². The van der Waals surface area contributed by atoms with Gasteiger partial charge in [-0.3, -0.25) is 4.79 Å². The smallest absolute Gasteiger partial charge is 0.255 e. The standard InChI is InChI=1S/C15H23N3O3/c1-21-12-2-3-13(14(19)10-12)15(20)17-11-4-7-18(8-5-11)9-6-16/h2-3,10-11,19H,4-9,16H2,1H3,(H,17,20). The molecule has 1 aromatic rings. The fourth-order valence-electron chi connectivity index (χ4n) is 2.58. The zero-order chi connectivity index (χ0) is 15.2. The first kappa shape index (κ1) is 15.6. The summed E-state index contributed by atoms with van der Waals surface area (Å²) in [6.07, 6.45) is 1.81. The molecule has 0 bridgehead atoms. The van der Waals surface area contributed by atoms with E-state index < -0.39 is 0 Å². The highest BCUT2D eigenvalue weighted by molar-refractivity contribution is 5.97. The van der Waals surface area contributed by atoms with Crippen LogP contribution in [0.4, 0.5) is 0 Å². The first-order valence-electron chi connectivity index (χ1n) is 7.24. The fourth-order valence-corrected chi connectivity index (χ4v) is 2.58. The summed E-state index contributed by atoms with van der Waals surface area (Å²) in [5.74, 6) is 0.221. The quantitative estimate of drug-likeness (QED) is 0.738. The van der Waals surface area contributed by atoms with Crippen molar-refractivity contribution in [3.63, 3.8) is 0 Å². The molecule has 1 aliphatic heterocycles. The molecule has 0 spiro atoms. The lowest BCUT2D eigenvalue weighted by Gasteiger charge is -2.32. The number of ether oxygens (including phenoxy) is 1. The molecule has 2 rings (SSSR count). The summed E-state index contributed by atoms with van der Waals surface area (Å²) in [5.41, 5.74) is 5.82. The van der Waals surface area contributed by atoms with Crippen molar-refractivity contribution in [1.29, 1.82) is 0 Å². The maximum atomic E-state index is 12.2. The molecule has 6 nitrogen and oxygen atoms in total. The first-order chi connectivity index (χ1) is 10.1. The summed E-state index contributed by atoms with van der Waals surface area (Å²) in [5, 5.41) is 12.8. The van der Waals surface area contributed by atoms with Crippen molar-refractivity contribution in [2.45, 2.75) is 18.9 Å². The highest BCUT2D eigenvalue weighted by atomic mass is 16.5. The lowest BCUT2D eigenvalue weighted by molar-refractivity contribution is 0.0909.